The first-order valence-corrected chi connectivity index (χ1v) is 5.89. The van der Waals surface area contributed by atoms with Crippen molar-refractivity contribution in [1.82, 2.24) is 19.1 Å². The van der Waals surface area contributed by atoms with E-state index < -0.39 is 0 Å². The van der Waals surface area contributed by atoms with Gasteiger partial charge in [0.1, 0.15) is 0 Å². The first-order valence-electron chi connectivity index (χ1n) is 5.89. The summed E-state index contributed by atoms with van der Waals surface area (Å²) in [5.41, 5.74) is 2.56. The highest BCUT2D eigenvalue weighted by molar-refractivity contribution is 5.85. The molecule has 0 aliphatic carbocycles. The van der Waals surface area contributed by atoms with Gasteiger partial charge >= 0.3 is 0 Å². The molecule has 0 aliphatic heterocycles. The first-order chi connectivity index (χ1) is 8.90. The monoisotopic (exact) mass is 310 g/mol. The van der Waals surface area contributed by atoms with E-state index in [1.165, 1.54) is 11.1 Å². The highest BCUT2D eigenvalue weighted by Crippen LogP contribution is 2.08. The highest BCUT2D eigenvalue weighted by Gasteiger charge is 1.97. The van der Waals surface area contributed by atoms with E-state index in [9.17, 15) is 0 Å². The summed E-state index contributed by atoms with van der Waals surface area (Å²) in [6.45, 7) is 1.73. The van der Waals surface area contributed by atoms with Gasteiger partial charge in [0.25, 0.3) is 0 Å². The zero-order chi connectivity index (χ0) is 12.2. The summed E-state index contributed by atoms with van der Waals surface area (Å²) in [6, 6.07) is 8.64. The topological polar surface area (TPSA) is 35.6 Å². The molecule has 0 aliphatic rings. The van der Waals surface area contributed by atoms with Crippen molar-refractivity contribution in [2.75, 3.05) is 0 Å². The smallest absolute Gasteiger partial charge is 0.0949 e. The molecule has 0 unspecified atom stereocenters. The van der Waals surface area contributed by atoms with Crippen molar-refractivity contribution >= 4 is 24.8 Å². The summed E-state index contributed by atoms with van der Waals surface area (Å²) in [6.07, 6.45) is 11.2. The Morgan fingerprint density at radius 3 is 1.40 bits per heavy atom. The Morgan fingerprint density at radius 1 is 0.700 bits per heavy atom. The van der Waals surface area contributed by atoms with E-state index in [-0.39, 0.29) is 24.8 Å². The van der Waals surface area contributed by atoms with Gasteiger partial charge < -0.3 is 9.13 Å². The molecule has 20 heavy (non-hydrogen) atoms. The standard InChI is InChI=1S/C14H14N4.2ClH/c1-2-14(10-18-8-6-16-12-18)4-3-13(1)9-17-7-5-15-11-17;;/h1-8,11-12H,9-10H2;2*1H. The second-order valence-corrected chi connectivity index (χ2v) is 4.29. The van der Waals surface area contributed by atoms with Crippen LogP contribution >= 0.6 is 24.8 Å². The van der Waals surface area contributed by atoms with Gasteiger partial charge in [-0.2, -0.15) is 0 Å². The van der Waals surface area contributed by atoms with Crippen LogP contribution in [0, 0.1) is 0 Å². The number of rotatable bonds is 4. The Hall–Kier alpha value is -1.78. The fraction of sp³-hybridized carbons (Fsp3) is 0.143. The number of imidazole rings is 2. The van der Waals surface area contributed by atoms with Crippen molar-refractivity contribution in [3.05, 3.63) is 72.8 Å². The van der Waals surface area contributed by atoms with E-state index in [4.69, 9.17) is 0 Å². The largest absolute Gasteiger partial charge is 0.333 e. The van der Waals surface area contributed by atoms with Gasteiger partial charge in [-0.05, 0) is 11.1 Å². The van der Waals surface area contributed by atoms with Crippen molar-refractivity contribution < 1.29 is 0 Å². The predicted octanol–water partition coefficient (Wildman–Crippen LogP) is 3.02. The van der Waals surface area contributed by atoms with Gasteiger partial charge in [-0.15, -0.1) is 24.8 Å². The molecule has 106 valence electrons. The van der Waals surface area contributed by atoms with Gasteiger partial charge in [-0.1, -0.05) is 24.3 Å². The molecule has 0 bridgehead atoms. The van der Waals surface area contributed by atoms with Crippen LogP contribution in [0.15, 0.2) is 61.7 Å². The lowest BCUT2D eigenvalue weighted by Crippen LogP contribution is -1.99. The van der Waals surface area contributed by atoms with Crippen LogP contribution in [0.3, 0.4) is 0 Å². The van der Waals surface area contributed by atoms with E-state index >= 15 is 0 Å². The van der Waals surface area contributed by atoms with E-state index in [0.717, 1.165) is 13.1 Å². The molecule has 0 saturated heterocycles. The van der Waals surface area contributed by atoms with Gasteiger partial charge in [-0.25, -0.2) is 9.97 Å². The first kappa shape index (κ1) is 16.3. The number of aromatic nitrogens is 4. The van der Waals surface area contributed by atoms with E-state index in [0.29, 0.717) is 0 Å². The van der Waals surface area contributed by atoms with Crippen LogP contribution in [0.2, 0.25) is 0 Å². The normalized spacial score (nSPS) is 9.60. The van der Waals surface area contributed by atoms with E-state index in [2.05, 4.69) is 43.4 Å². The molecule has 3 aromatic rings. The van der Waals surface area contributed by atoms with E-state index in [1.807, 2.05) is 25.0 Å². The Bertz CT molecular complexity index is 533. The second kappa shape index (κ2) is 7.72. The van der Waals surface area contributed by atoms with Gasteiger partial charge in [0, 0.05) is 37.9 Å². The van der Waals surface area contributed by atoms with Crippen molar-refractivity contribution in [1.29, 1.82) is 0 Å². The Kier molecular flexibility index (Phi) is 6.28. The molecule has 2 aromatic heterocycles. The maximum atomic E-state index is 4.04. The molecule has 1 aromatic carbocycles. The molecule has 4 nitrogen and oxygen atoms in total. The predicted molar refractivity (Wildman–Crippen MR) is 83.6 cm³/mol. The number of nitrogens with zero attached hydrogens (tertiary/aromatic N) is 4. The molecule has 0 N–H and O–H groups in total. The van der Waals surface area contributed by atoms with Crippen LogP contribution < -0.4 is 0 Å². The molecule has 6 heteroatoms. The number of hydrogen-bond donors (Lipinski definition) is 0. The average molecular weight is 311 g/mol. The van der Waals surface area contributed by atoms with Crippen molar-refractivity contribution in [3.8, 4) is 0 Å². The molecule has 0 atom stereocenters. The van der Waals surface area contributed by atoms with Crippen LogP contribution in [-0.4, -0.2) is 19.1 Å². The molecule has 0 amide bonds. The maximum absolute atomic E-state index is 4.04. The lowest BCUT2D eigenvalue weighted by molar-refractivity contribution is 0.785. The van der Waals surface area contributed by atoms with Gasteiger partial charge in [0.2, 0.25) is 0 Å². The van der Waals surface area contributed by atoms with Crippen molar-refractivity contribution in [3.63, 3.8) is 0 Å². The number of benzene rings is 1. The van der Waals surface area contributed by atoms with Crippen LogP contribution in [0.5, 0.6) is 0 Å². The number of hydrogen-bond acceptors (Lipinski definition) is 2. The third-order valence-corrected chi connectivity index (χ3v) is 2.87. The Labute approximate surface area is 130 Å². The van der Waals surface area contributed by atoms with E-state index in [1.54, 1.807) is 12.4 Å². The molecular formula is C14H16Cl2N4. The number of halogens is 2. The third kappa shape index (κ3) is 4.11. The van der Waals surface area contributed by atoms with Gasteiger partial charge in [-0.3, -0.25) is 0 Å². The summed E-state index contributed by atoms with van der Waals surface area (Å²) in [5.74, 6) is 0. The molecule has 0 radical (unpaired) electrons. The lowest BCUT2D eigenvalue weighted by atomic mass is 10.1. The molecule has 0 spiro atoms. The van der Waals surface area contributed by atoms with Crippen LogP contribution in [0.1, 0.15) is 11.1 Å². The molecule has 2 heterocycles. The van der Waals surface area contributed by atoms with Crippen molar-refractivity contribution in [2.45, 2.75) is 13.1 Å². The van der Waals surface area contributed by atoms with Crippen LogP contribution in [-0.2, 0) is 13.1 Å². The summed E-state index contributed by atoms with van der Waals surface area (Å²) >= 11 is 0. The molecule has 3 rings (SSSR count). The third-order valence-electron chi connectivity index (χ3n) is 2.87. The minimum Gasteiger partial charge on any atom is -0.333 e. The molecule has 0 fully saturated rings. The summed E-state index contributed by atoms with van der Waals surface area (Å²) < 4.78 is 4.12. The minimum absolute atomic E-state index is 0. The SMILES string of the molecule is Cl.Cl.c1cn(Cc2ccc(Cn3ccnc3)cc2)cn1. The summed E-state index contributed by atoms with van der Waals surface area (Å²) in [4.78, 5) is 8.08. The summed E-state index contributed by atoms with van der Waals surface area (Å²) in [7, 11) is 0. The average Bonchev–Trinajstić information content (AvgIpc) is 3.05. The molecular weight excluding hydrogens is 295 g/mol. The fourth-order valence-electron chi connectivity index (χ4n) is 1.93. The maximum Gasteiger partial charge on any atom is 0.0949 e. The zero-order valence-corrected chi connectivity index (χ0v) is 12.4. The molecule has 0 saturated carbocycles. The Balaban J connectivity index is 0.000001000. The lowest BCUT2D eigenvalue weighted by Gasteiger charge is -2.05. The van der Waals surface area contributed by atoms with Crippen LogP contribution in [0.4, 0.5) is 0 Å². The summed E-state index contributed by atoms with van der Waals surface area (Å²) in [5, 5.41) is 0. The van der Waals surface area contributed by atoms with Gasteiger partial charge in [0.15, 0.2) is 0 Å². The van der Waals surface area contributed by atoms with Crippen LogP contribution in [0.25, 0.3) is 0 Å². The Morgan fingerprint density at radius 2 is 1.10 bits per heavy atom. The quantitative estimate of drug-likeness (QED) is 0.742. The second-order valence-electron chi connectivity index (χ2n) is 4.29. The fourth-order valence-corrected chi connectivity index (χ4v) is 1.93. The van der Waals surface area contributed by atoms with Crippen molar-refractivity contribution in [2.24, 2.45) is 0 Å². The minimum atomic E-state index is 0. The highest BCUT2D eigenvalue weighted by atomic mass is 35.5. The van der Waals surface area contributed by atoms with Gasteiger partial charge in [0.05, 0.1) is 12.7 Å². The zero-order valence-electron chi connectivity index (χ0n) is 10.8.